The number of likely N-dealkylation sites (tertiary alicyclic amines) is 1. The summed E-state index contributed by atoms with van der Waals surface area (Å²) in [5.41, 5.74) is 1.68. The van der Waals surface area contributed by atoms with Crippen LogP contribution in [-0.4, -0.2) is 33.5 Å². The Morgan fingerprint density at radius 2 is 2.17 bits per heavy atom. The second kappa shape index (κ2) is 5.98. The lowest BCUT2D eigenvalue weighted by Crippen LogP contribution is -2.33. The van der Waals surface area contributed by atoms with Crippen LogP contribution in [0, 0.1) is 0 Å². The minimum absolute atomic E-state index is 0.0352. The van der Waals surface area contributed by atoms with E-state index in [1.54, 1.807) is 6.20 Å². The van der Waals surface area contributed by atoms with E-state index in [0.29, 0.717) is 25.5 Å². The van der Waals surface area contributed by atoms with Gasteiger partial charge in [0.1, 0.15) is 18.1 Å². The average molecular weight is 332 g/mol. The Bertz CT molecular complexity index is 743. The predicted octanol–water partition coefficient (Wildman–Crippen LogP) is 3.04. The third-order valence-corrected chi connectivity index (χ3v) is 4.97. The summed E-state index contributed by atoms with van der Waals surface area (Å²) in [5.74, 6) is 0.862. The number of hydrogen-bond acceptors (Lipinski definition) is 3. The van der Waals surface area contributed by atoms with Crippen LogP contribution in [0.5, 0.6) is 0 Å². The van der Waals surface area contributed by atoms with Gasteiger partial charge in [0, 0.05) is 18.1 Å². The number of imidazole rings is 1. The van der Waals surface area contributed by atoms with Crippen molar-refractivity contribution >= 4 is 17.5 Å². The highest BCUT2D eigenvalue weighted by Crippen LogP contribution is 2.36. The van der Waals surface area contributed by atoms with Gasteiger partial charge in [-0.05, 0) is 24.5 Å². The molecular formula is C17H18ClN3O2. The van der Waals surface area contributed by atoms with E-state index in [-0.39, 0.29) is 11.9 Å². The largest absolute Gasteiger partial charge is 0.372 e. The van der Waals surface area contributed by atoms with Crippen LogP contribution < -0.4 is 0 Å². The number of amides is 1. The molecule has 0 saturated carbocycles. The first-order valence-electron chi connectivity index (χ1n) is 7.93. The molecule has 0 aliphatic carbocycles. The second-order valence-electron chi connectivity index (χ2n) is 5.94. The van der Waals surface area contributed by atoms with E-state index in [1.165, 1.54) is 0 Å². The van der Waals surface area contributed by atoms with Crippen LogP contribution in [-0.2, 0) is 17.9 Å². The van der Waals surface area contributed by atoms with Crippen molar-refractivity contribution in [2.24, 2.45) is 0 Å². The van der Waals surface area contributed by atoms with Crippen molar-refractivity contribution in [2.75, 3.05) is 13.2 Å². The normalized spacial score (nSPS) is 20.6. The minimum Gasteiger partial charge on any atom is -0.372 e. The number of carbonyl (C=O) groups is 1. The summed E-state index contributed by atoms with van der Waals surface area (Å²) < 4.78 is 7.37. The summed E-state index contributed by atoms with van der Waals surface area (Å²) in [6, 6.07) is 7.83. The maximum absolute atomic E-state index is 13.1. The van der Waals surface area contributed by atoms with Gasteiger partial charge >= 0.3 is 0 Å². The number of hydrogen-bond donors (Lipinski definition) is 0. The fourth-order valence-electron chi connectivity index (χ4n) is 3.49. The lowest BCUT2D eigenvalue weighted by Gasteiger charge is -2.26. The van der Waals surface area contributed by atoms with Gasteiger partial charge in [-0.3, -0.25) is 4.79 Å². The smallest absolute Gasteiger partial charge is 0.272 e. The number of aromatic nitrogens is 2. The Morgan fingerprint density at radius 3 is 3.04 bits per heavy atom. The van der Waals surface area contributed by atoms with E-state index in [2.05, 4.69) is 4.98 Å². The molecule has 120 valence electrons. The van der Waals surface area contributed by atoms with Crippen molar-refractivity contribution in [3.63, 3.8) is 0 Å². The molecule has 1 unspecified atom stereocenters. The molecule has 1 aromatic heterocycles. The Labute approximate surface area is 139 Å². The Hall–Kier alpha value is -1.85. The standard InChI is InChI=1S/C17H18ClN3O2/c18-13-5-2-1-4-12(13)14-6-3-7-21(14)17(22)15-10-19-16-11-23-9-8-20(15)16/h1-2,4-5,10,14H,3,6-9,11H2. The van der Waals surface area contributed by atoms with E-state index in [4.69, 9.17) is 16.3 Å². The zero-order valence-corrected chi connectivity index (χ0v) is 13.5. The molecule has 4 rings (SSSR count). The zero-order valence-electron chi connectivity index (χ0n) is 12.7. The number of ether oxygens (including phenoxy) is 1. The molecule has 1 atom stereocenters. The number of fused-ring (bicyclic) bond motifs is 1. The molecule has 6 heteroatoms. The Balaban J connectivity index is 1.65. The summed E-state index contributed by atoms with van der Waals surface area (Å²) >= 11 is 6.34. The molecule has 1 fully saturated rings. The van der Waals surface area contributed by atoms with Gasteiger partial charge in [-0.15, -0.1) is 0 Å². The minimum atomic E-state index is 0.0352. The molecule has 0 N–H and O–H groups in total. The monoisotopic (exact) mass is 331 g/mol. The molecule has 5 nitrogen and oxygen atoms in total. The van der Waals surface area contributed by atoms with E-state index in [9.17, 15) is 4.79 Å². The second-order valence-corrected chi connectivity index (χ2v) is 6.35. The fourth-order valence-corrected chi connectivity index (χ4v) is 3.76. The molecule has 2 aliphatic rings. The Kier molecular flexibility index (Phi) is 3.83. The quantitative estimate of drug-likeness (QED) is 0.849. The molecule has 1 saturated heterocycles. The maximum Gasteiger partial charge on any atom is 0.272 e. The molecule has 2 aromatic rings. The van der Waals surface area contributed by atoms with Crippen molar-refractivity contribution in [3.8, 4) is 0 Å². The molecule has 1 aromatic carbocycles. The van der Waals surface area contributed by atoms with E-state index < -0.39 is 0 Å². The summed E-state index contributed by atoms with van der Waals surface area (Å²) in [5, 5.41) is 0.723. The van der Waals surface area contributed by atoms with Crippen LogP contribution in [0.2, 0.25) is 5.02 Å². The van der Waals surface area contributed by atoms with Crippen LogP contribution >= 0.6 is 11.6 Å². The molecule has 1 amide bonds. The summed E-state index contributed by atoms with van der Waals surface area (Å²) in [7, 11) is 0. The summed E-state index contributed by atoms with van der Waals surface area (Å²) in [4.78, 5) is 19.3. The van der Waals surface area contributed by atoms with Gasteiger partial charge in [-0.1, -0.05) is 29.8 Å². The Morgan fingerprint density at radius 1 is 1.30 bits per heavy atom. The number of rotatable bonds is 2. The SMILES string of the molecule is O=C(c1cnc2n1CCOC2)N1CCCC1c1ccccc1Cl. The third-order valence-electron chi connectivity index (χ3n) is 4.63. The highest BCUT2D eigenvalue weighted by Gasteiger charge is 2.33. The fraction of sp³-hybridized carbons (Fsp3) is 0.412. The van der Waals surface area contributed by atoms with Gasteiger partial charge < -0.3 is 14.2 Å². The first-order chi connectivity index (χ1) is 11.3. The van der Waals surface area contributed by atoms with Crippen molar-refractivity contribution < 1.29 is 9.53 Å². The third kappa shape index (κ3) is 2.54. The molecule has 0 radical (unpaired) electrons. The van der Waals surface area contributed by atoms with Crippen molar-refractivity contribution in [2.45, 2.75) is 32.0 Å². The topological polar surface area (TPSA) is 47.4 Å². The number of halogens is 1. The van der Waals surface area contributed by atoms with Crippen LogP contribution in [0.3, 0.4) is 0 Å². The van der Waals surface area contributed by atoms with Crippen LogP contribution in [0.25, 0.3) is 0 Å². The van der Waals surface area contributed by atoms with Crippen LogP contribution in [0.1, 0.15) is 40.8 Å². The average Bonchev–Trinajstić information content (AvgIpc) is 3.22. The zero-order chi connectivity index (χ0) is 15.8. The van der Waals surface area contributed by atoms with Crippen molar-refractivity contribution in [1.29, 1.82) is 0 Å². The van der Waals surface area contributed by atoms with Gasteiger partial charge in [-0.2, -0.15) is 0 Å². The maximum atomic E-state index is 13.1. The molecule has 0 spiro atoms. The number of nitrogens with zero attached hydrogens (tertiary/aromatic N) is 3. The number of benzene rings is 1. The van der Waals surface area contributed by atoms with Gasteiger partial charge in [0.15, 0.2) is 0 Å². The molecular weight excluding hydrogens is 314 g/mol. The highest BCUT2D eigenvalue weighted by atomic mass is 35.5. The molecule has 23 heavy (non-hydrogen) atoms. The van der Waals surface area contributed by atoms with Crippen molar-refractivity contribution in [1.82, 2.24) is 14.5 Å². The molecule has 0 bridgehead atoms. The first-order valence-corrected chi connectivity index (χ1v) is 8.31. The predicted molar refractivity (Wildman–Crippen MR) is 86.3 cm³/mol. The van der Waals surface area contributed by atoms with E-state index in [0.717, 1.165) is 35.8 Å². The van der Waals surface area contributed by atoms with Gasteiger partial charge in [0.05, 0.1) is 18.8 Å². The van der Waals surface area contributed by atoms with E-state index >= 15 is 0 Å². The van der Waals surface area contributed by atoms with Crippen LogP contribution in [0.15, 0.2) is 30.5 Å². The van der Waals surface area contributed by atoms with Gasteiger partial charge in [0.2, 0.25) is 0 Å². The number of carbonyl (C=O) groups excluding carboxylic acids is 1. The van der Waals surface area contributed by atoms with Gasteiger partial charge in [0.25, 0.3) is 5.91 Å². The lowest BCUT2D eigenvalue weighted by atomic mass is 10.0. The summed E-state index contributed by atoms with van der Waals surface area (Å²) in [6.07, 6.45) is 3.61. The molecule has 2 aliphatic heterocycles. The van der Waals surface area contributed by atoms with Crippen molar-refractivity contribution in [3.05, 3.63) is 52.6 Å². The van der Waals surface area contributed by atoms with Crippen LogP contribution in [0.4, 0.5) is 0 Å². The highest BCUT2D eigenvalue weighted by molar-refractivity contribution is 6.31. The van der Waals surface area contributed by atoms with Gasteiger partial charge in [-0.25, -0.2) is 4.98 Å². The first kappa shape index (κ1) is 14.7. The lowest BCUT2D eigenvalue weighted by molar-refractivity contribution is 0.0674. The summed E-state index contributed by atoms with van der Waals surface area (Å²) in [6.45, 7) is 2.53. The molecule has 3 heterocycles. The van der Waals surface area contributed by atoms with E-state index in [1.807, 2.05) is 33.7 Å².